The molecule has 0 bridgehead atoms. The van der Waals surface area contributed by atoms with Crippen LogP contribution in [0.4, 0.5) is 0 Å². The number of nitrogens with one attached hydrogen (secondary N) is 1. The topological polar surface area (TPSA) is 33.6 Å². The van der Waals surface area contributed by atoms with Crippen LogP contribution in [0.15, 0.2) is 4.99 Å². The summed E-state index contributed by atoms with van der Waals surface area (Å²) in [6, 6.07) is 0.485. The summed E-state index contributed by atoms with van der Waals surface area (Å²) < 4.78 is 5.27. The molecule has 1 N–H and O–H groups in total. The lowest BCUT2D eigenvalue weighted by Gasteiger charge is -2.37. The molecule has 0 aromatic rings. The number of amidine groups is 1. The quantitative estimate of drug-likeness (QED) is 0.825. The zero-order chi connectivity index (χ0) is 11.6. The summed E-state index contributed by atoms with van der Waals surface area (Å²) in [6.07, 6.45) is 5.02. The van der Waals surface area contributed by atoms with E-state index in [0.717, 1.165) is 24.4 Å². The maximum atomic E-state index is 5.27. The van der Waals surface area contributed by atoms with Crippen molar-refractivity contribution in [1.82, 2.24) is 5.32 Å². The first-order valence-electron chi connectivity index (χ1n) is 6.17. The molecule has 0 spiro atoms. The lowest BCUT2D eigenvalue weighted by molar-refractivity contribution is 0.0284. The molecule has 4 heteroatoms. The molecule has 1 atom stereocenters. The minimum atomic E-state index is 0.258. The van der Waals surface area contributed by atoms with Crippen molar-refractivity contribution < 1.29 is 4.74 Å². The fourth-order valence-electron chi connectivity index (χ4n) is 2.07. The molecule has 92 valence electrons. The molecule has 16 heavy (non-hydrogen) atoms. The van der Waals surface area contributed by atoms with Crippen LogP contribution >= 0.6 is 11.8 Å². The lowest BCUT2D eigenvalue weighted by Crippen LogP contribution is -2.49. The zero-order valence-electron chi connectivity index (χ0n) is 10.5. The molecular formula is C12H22N2OS. The maximum absolute atomic E-state index is 5.27. The Morgan fingerprint density at radius 3 is 2.94 bits per heavy atom. The van der Waals surface area contributed by atoms with Crippen LogP contribution in [-0.2, 0) is 4.74 Å². The average molecular weight is 242 g/mol. The van der Waals surface area contributed by atoms with E-state index in [1.807, 2.05) is 11.8 Å². The van der Waals surface area contributed by atoms with Crippen molar-refractivity contribution in [2.45, 2.75) is 57.2 Å². The van der Waals surface area contributed by atoms with Crippen LogP contribution in [0.2, 0.25) is 0 Å². The van der Waals surface area contributed by atoms with Gasteiger partial charge in [-0.05, 0) is 32.6 Å². The lowest BCUT2D eigenvalue weighted by atomic mass is 9.90. The molecule has 2 rings (SSSR count). The number of hydrogen-bond acceptors (Lipinski definition) is 3. The van der Waals surface area contributed by atoms with Gasteiger partial charge in [0.15, 0.2) is 5.17 Å². The molecule has 1 aliphatic heterocycles. The van der Waals surface area contributed by atoms with E-state index in [1.54, 1.807) is 7.11 Å². The van der Waals surface area contributed by atoms with Crippen molar-refractivity contribution in [2.24, 2.45) is 4.99 Å². The normalized spacial score (nSPS) is 41.6. The third-order valence-corrected chi connectivity index (χ3v) is 4.67. The minimum absolute atomic E-state index is 0.258. The van der Waals surface area contributed by atoms with Crippen molar-refractivity contribution in [2.75, 3.05) is 12.9 Å². The molecule has 1 saturated heterocycles. The molecule has 0 radical (unpaired) electrons. The molecule has 3 nitrogen and oxygen atoms in total. The first kappa shape index (κ1) is 12.2. The van der Waals surface area contributed by atoms with E-state index in [-0.39, 0.29) is 5.54 Å². The van der Waals surface area contributed by atoms with Gasteiger partial charge < -0.3 is 10.1 Å². The Morgan fingerprint density at radius 1 is 1.56 bits per heavy atom. The third-order valence-electron chi connectivity index (χ3n) is 3.78. The monoisotopic (exact) mass is 242 g/mol. The second-order valence-electron chi connectivity index (χ2n) is 5.05. The summed E-state index contributed by atoms with van der Waals surface area (Å²) in [7, 11) is 1.79. The van der Waals surface area contributed by atoms with Gasteiger partial charge in [0, 0.05) is 18.4 Å². The van der Waals surface area contributed by atoms with Gasteiger partial charge in [-0.1, -0.05) is 18.7 Å². The van der Waals surface area contributed by atoms with Crippen molar-refractivity contribution in [3.8, 4) is 0 Å². The summed E-state index contributed by atoms with van der Waals surface area (Å²) in [5.74, 6) is 1.19. The highest BCUT2D eigenvalue weighted by atomic mass is 32.2. The largest absolute Gasteiger partial charge is 0.381 e. The van der Waals surface area contributed by atoms with Crippen LogP contribution < -0.4 is 5.32 Å². The summed E-state index contributed by atoms with van der Waals surface area (Å²) >= 11 is 1.87. The van der Waals surface area contributed by atoms with Gasteiger partial charge in [0.05, 0.1) is 12.1 Å². The van der Waals surface area contributed by atoms with Gasteiger partial charge in [0.2, 0.25) is 0 Å². The number of ether oxygens (including phenoxy) is 1. The number of thioether (sulfide) groups is 1. The highest BCUT2D eigenvalue weighted by Gasteiger charge is 2.32. The average Bonchev–Trinajstić information content (AvgIpc) is 2.23. The summed E-state index contributed by atoms with van der Waals surface area (Å²) in [5.41, 5.74) is 0.258. The van der Waals surface area contributed by atoms with Gasteiger partial charge in [-0.15, -0.1) is 0 Å². The number of rotatable bonds is 3. The molecule has 0 aromatic carbocycles. The van der Waals surface area contributed by atoms with Crippen molar-refractivity contribution in [1.29, 1.82) is 0 Å². The molecule has 0 aromatic heterocycles. The number of aliphatic imine (C=N–C) groups is 1. The molecule has 1 saturated carbocycles. The van der Waals surface area contributed by atoms with Gasteiger partial charge in [0.25, 0.3) is 0 Å². The van der Waals surface area contributed by atoms with E-state index in [9.17, 15) is 0 Å². The maximum Gasteiger partial charge on any atom is 0.157 e. The predicted octanol–water partition coefficient (Wildman–Crippen LogP) is 2.42. The van der Waals surface area contributed by atoms with Gasteiger partial charge >= 0.3 is 0 Å². The van der Waals surface area contributed by atoms with E-state index in [4.69, 9.17) is 9.73 Å². The van der Waals surface area contributed by atoms with Crippen LogP contribution in [0, 0.1) is 0 Å². The number of hydrogen-bond donors (Lipinski definition) is 1. The van der Waals surface area contributed by atoms with Gasteiger partial charge in [-0.2, -0.15) is 0 Å². The fraction of sp³-hybridized carbons (Fsp3) is 0.917. The molecule has 1 heterocycles. The van der Waals surface area contributed by atoms with Gasteiger partial charge in [-0.3, -0.25) is 4.99 Å². The van der Waals surface area contributed by atoms with Crippen molar-refractivity contribution >= 4 is 16.9 Å². The standard InChI is InChI=1S/C12H22N2OS/c1-4-12(2)5-6-16-11(14-12)13-9-7-10(8-9)15-3/h9-10H,4-8H2,1-3H3,(H,13,14). The molecule has 1 aliphatic carbocycles. The molecule has 1 unspecified atom stereocenters. The number of methoxy groups -OCH3 is 1. The predicted molar refractivity (Wildman–Crippen MR) is 70.2 cm³/mol. The van der Waals surface area contributed by atoms with Crippen LogP contribution in [0.5, 0.6) is 0 Å². The SMILES string of the molecule is CCC1(C)CCSC(=NC2CC(OC)C2)N1. The number of nitrogens with zero attached hydrogens (tertiary/aromatic N) is 1. The Balaban J connectivity index is 1.88. The Labute approximate surface area is 102 Å². The van der Waals surface area contributed by atoms with E-state index in [1.165, 1.54) is 12.2 Å². The minimum Gasteiger partial charge on any atom is -0.381 e. The Hall–Kier alpha value is -0.220. The summed E-state index contributed by atoms with van der Waals surface area (Å²) in [4.78, 5) is 4.77. The van der Waals surface area contributed by atoms with Gasteiger partial charge in [-0.25, -0.2) is 0 Å². The first-order chi connectivity index (χ1) is 7.65. The Bertz CT molecular complexity index is 276. The fourth-order valence-corrected chi connectivity index (χ4v) is 3.35. The highest BCUT2D eigenvalue weighted by molar-refractivity contribution is 8.13. The Kier molecular flexibility index (Phi) is 3.80. The van der Waals surface area contributed by atoms with E-state index in [0.29, 0.717) is 12.1 Å². The van der Waals surface area contributed by atoms with Crippen LogP contribution in [0.25, 0.3) is 0 Å². The summed E-state index contributed by atoms with van der Waals surface area (Å²) in [5, 5.41) is 4.73. The van der Waals surface area contributed by atoms with Crippen molar-refractivity contribution in [3.05, 3.63) is 0 Å². The second kappa shape index (κ2) is 4.96. The van der Waals surface area contributed by atoms with E-state index in [2.05, 4.69) is 19.2 Å². The Morgan fingerprint density at radius 2 is 2.31 bits per heavy atom. The van der Waals surface area contributed by atoms with Crippen LogP contribution in [-0.4, -0.2) is 35.7 Å². The smallest absolute Gasteiger partial charge is 0.157 e. The molecular weight excluding hydrogens is 220 g/mol. The van der Waals surface area contributed by atoms with Crippen molar-refractivity contribution in [3.63, 3.8) is 0 Å². The van der Waals surface area contributed by atoms with Gasteiger partial charge in [0.1, 0.15) is 0 Å². The highest BCUT2D eigenvalue weighted by Crippen LogP contribution is 2.29. The van der Waals surface area contributed by atoms with Crippen LogP contribution in [0.1, 0.15) is 39.5 Å². The van der Waals surface area contributed by atoms with Crippen LogP contribution in [0.3, 0.4) is 0 Å². The zero-order valence-corrected chi connectivity index (χ0v) is 11.3. The second-order valence-corrected chi connectivity index (χ2v) is 6.14. The summed E-state index contributed by atoms with van der Waals surface area (Å²) in [6.45, 7) is 4.53. The van der Waals surface area contributed by atoms with E-state index >= 15 is 0 Å². The van der Waals surface area contributed by atoms with E-state index < -0.39 is 0 Å². The molecule has 2 fully saturated rings. The molecule has 2 aliphatic rings. The molecule has 0 amide bonds. The third kappa shape index (κ3) is 2.72. The first-order valence-corrected chi connectivity index (χ1v) is 7.15.